The van der Waals surface area contributed by atoms with Crippen LogP contribution in [-0.4, -0.2) is 9.55 Å². The smallest absolute Gasteiger partial charge is 0.140 e. The third-order valence-corrected chi connectivity index (χ3v) is 4.17. The second-order valence-electron chi connectivity index (χ2n) is 5.85. The van der Waals surface area contributed by atoms with Crippen molar-refractivity contribution in [3.05, 3.63) is 65.9 Å². The van der Waals surface area contributed by atoms with Gasteiger partial charge in [-0.1, -0.05) is 25.5 Å². The van der Waals surface area contributed by atoms with E-state index in [1.807, 2.05) is 54.7 Å². The van der Waals surface area contributed by atoms with E-state index in [1.165, 1.54) is 0 Å². The van der Waals surface area contributed by atoms with Gasteiger partial charge in [-0.15, -0.1) is 0 Å². The lowest BCUT2D eigenvalue weighted by molar-refractivity contribution is 0.641. The van der Waals surface area contributed by atoms with Crippen molar-refractivity contribution >= 4 is 0 Å². The molecule has 122 valence electrons. The van der Waals surface area contributed by atoms with Crippen molar-refractivity contribution in [3.63, 3.8) is 0 Å². The minimum absolute atomic E-state index is 0.641. The van der Waals surface area contributed by atoms with Gasteiger partial charge < -0.3 is 4.57 Å². The summed E-state index contributed by atoms with van der Waals surface area (Å²) in [6.07, 6.45) is 4.03. The first-order valence-electron chi connectivity index (χ1n) is 8.33. The number of hydrogen-bond donors (Lipinski definition) is 0. The van der Waals surface area contributed by atoms with Crippen LogP contribution >= 0.6 is 0 Å². The Kier molecular flexibility index (Phi) is 4.92. The van der Waals surface area contributed by atoms with Crippen molar-refractivity contribution in [1.29, 1.82) is 10.5 Å². The largest absolute Gasteiger partial charge is 0.324 e. The van der Waals surface area contributed by atoms with E-state index in [0.29, 0.717) is 11.1 Å². The summed E-state index contributed by atoms with van der Waals surface area (Å²) in [4.78, 5) is 4.63. The molecule has 0 spiro atoms. The van der Waals surface area contributed by atoms with Crippen LogP contribution in [0.4, 0.5) is 0 Å². The maximum atomic E-state index is 8.97. The molecule has 0 aliphatic carbocycles. The highest BCUT2D eigenvalue weighted by atomic mass is 15.1. The predicted octanol–water partition coefficient (Wildman–Crippen LogP) is 4.76. The summed E-state index contributed by atoms with van der Waals surface area (Å²) >= 11 is 0. The van der Waals surface area contributed by atoms with Crippen LogP contribution in [0.5, 0.6) is 0 Å². The van der Waals surface area contributed by atoms with E-state index in [2.05, 4.69) is 28.6 Å². The van der Waals surface area contributed by atoms with Gasteiger partial charge in [-0.3, -0.25) is 0 Å². The normalized spacial score (nSPS) is 10.2. The molecule has 0 atom stereocenters. The molecule has 0 radical (unpaired) electrons. The standard InChI is InChI=1S/C21H18N4/c1-2-3-12-25-20(18-8-4-16(13-22)5-9-18)15-24-21(25)19-10-6-17(14-23)7-11-19/h4-11,15H,2-3,12H2,1H3. The Labute approximate surface area is 147 Å². The fourth-order valence-electron chi connectivity index (χ4n) is 2.79. The first-order valence-corrected chi connectivity index (χ1v) is 8.33. The van der Waals surface area contributed by atoms with Crippen molar-refractivity contribution in [2.45, 2.75) is 26.3 Å². The average Bonchev–Trinajstić information content (AvgIpc) is 3.10. The van der Waals surface area contributed by atoms with Gasteiger partial charge in [-0.25, -0.2) is 4.98 Å². The number of rotatable bonds is 5. The Morgan fingerprint density at radius 1 is 0.880 bits per heavy atom. The zero-order valence-corrected chi connectivity index (χ0v) is 14.1. The monoisotopic (exact) mass is 326 g/mol. The molecule has 0 saturated carbocycles. The lowest BCUT2D eigenvalue weighted by Gasteiger charge is -2.12. The van der Waals surface area contributed by atoms with Gasteiger partial charge in [0.1, 0.15) is 5.82 Å². The number of hydrogen-bond acceptors (Lipinski definition) is 3. The van der Waals surface area contributed by atoms with Gasteiger partial charge >= 0.3 is 0 Å². The molecule has 3 rings (SSSR count). The Hall–Kier alpha value is -3.37. The molecule has 0 unspecified atom stereocenters. The molecular weight excluding hydrogens is 308 g/mol. The Balaban J connectivity index is 2.05. The lowest BCUT2D eigenvalue weighted by atomic mass is 10.1. The highest BCUT2D eigenvalue weighted by Crippen LogP contribution is 2.27. The van der Waals surface area contributed by atoms with Crippen LogP contribution in [0, 0.1) is 22.7 Å². The van der Waals surface area contributed by atoms with Gasteiger partial charge in [0.05, 0.1) is 35.2 Å². The summed E-state index contributed by atoms with van der Waals surface area (Å²) in [5.41, 5.74) is 4.37. The van der Waals surface area contributed by atoms with Crippen LogP contribution in [0.15, 0.2) is 54.7 Å². The van der Waals surface area contributed by atoms with Gasteiger partial charge in [0.15, 0.2) is 0 Å². The molecule has 1 heterocycles. The quantitative estimate of drug-likeness (QED) is 0.679. The van der Waals surface area contributed by atoms with Crippen LogP contribution in [0.2, 0.25) is 0 Å². The SMILES string of the molecule is CCCCn1c(-c2ccc(C#N)cc2)cnc1-c1ccc(C#N)cc1. The zero-order chi connectivity index (χ0) is 17.6. The van der Waals surface area contributed by atoms with Gasteiger partial charge in [0, 0.05) is 12.1 Å². The van der Waals surface area contributed by atoms with Crippen molar-refractivity contribution in [2.75, 3.05) is 0 Å². The molecule has 3 aromatic rings. The molecule has 4 heteroatoms. The molecule has 0 bridgehead atoms. The fourth-order valence-corrected chi connectivity index (χ4v) is 2.79. The number of benzene rings is 2. The number of unbranched alkanes of at least 4 members (excludes halogenated alkanes) is 1. The Bertz CT molecular complexity index is 861. The number of aromatic nitrogens is 2. The van der Waals surface area contributed by atoms with Crippen molar-refractivity contribution in [1.82, 2.24) is 9.55 Å². The molecule has 0 saturated heterocycles. The maximum Gasteiger partial charge on any atom is 0.140 e. The van der Waals surface area contributed by atoms with E-state index in [0.717, 1.165) is 42.0 Å². The third kappa shape index (κ3) is 3.44. The first-order chi connectivity index (χ1) is 12.3. The van der Waals surface area contributed by atoms with Gasteiger partial charge in [0.2, 0.25) is 0 Å². The summed E-state index contributed by atoms with van der Waals surface area (Å²) in [6, 6.07) is 19.4. The predicted molar refractivity (Wildman–Crippen MR) is 97.4 cm³/mol. The van der Waals surface area contributed by atoms with E-state index < -0.39 is 0 Å². The summed E-state index contributed by atoms with van der Waals surface area (Å²) in [5, 5.41) is 17.9. The molecule has 0 N–H and O–H groups in total. The van der Waals surface area contributed by atoms with E-state index >= 15 is 0 Å². The summed E-state index contributed by atoms with van der Waals surface area (Å²) in [6.45, 7) is 3.04. The second-order valence-corrected chi connectivity index (χ2v) is 5.85. The molecule has 0 aliphatic rings. The van der Waals surface area contributed by atoms with Crippen LogP contribution in [0.25, 0.3) is 22.6 Å². The topological polar surface area (TPSA) is 65.4 Å². The van der Waals surface area contributed by atoms with Crippen molar-refractivity contribution in [2.24, 2.45) is 0 Å². The molecule has 25 heavy (non-hydrogen) atoms. The third-order valence-electron chi connectivity index (χ3n) is 4.17. The van der Waals surface area contributed by atoms with Crippen LogP contribution < -0.4 is 0 Å². The molecule has 1 aromatic heterocycles. The number of imidazole rings is 1. The molecule has 2 aromatic carbocycles. The summed E-state index contributed by atoms with van der Waals surface area (Å²) < 4.78 is 2.21. The molecule has 0 fully saturated rings. The maximum absolute atomic E-state index is 8.97. The van der Waals surface area contributed by atoms with Crippen molar-refractivity contribution < 1.29 is 0 Å². The van der Waals surface area contributed by atoms with Crippen LogP contribution in [-0.2, 0) is 6.54 Å². The minimum atomic E-state index is 0.641. The van der Waals surface area contributed by atoms with E-state index in [1.54, 1.807) is 0 Å². The van der Waals surface area contributed by atoms with E-state index in [9.17, 15) is 0 Å². The Morgan fingerprint density at radius 3 is 1.96 bits per heavy atom. The first kappa shape index (κ1) is 16.5. The average molecular weight is 326 g/mol. The fraction of sp³-hybridized carbons (Fsp3) is 0.190. The highest BCUT2D eigenvalue weighted by molar-refractivity contribution is 5.66. The van der Waals surface area contributed by atoms with E-state index in [-0.39, 0.29) is 0 Å². The highest BCUT2D eigenvalue weighted by Gasteiger charge is 2.13. The van der Waals surface area contributed by atoms with Gasteiger partial charge in [-0.05, 0) is 48.4 Å². The van der Waals surface area contributed by atoms with Crippen LogP contribution in [0.3, 0.4) is 0 Å². The molecular formula is C21H18N4. The molecule has 4 nitrogen and oxygen atoms in total. The second kappa shape index (κ2) is 7.47. The van der Waals surface area contributed by atoms with E-state index in [4.69, 9.17) is 10.5 Å². The van der Waals surface area contributed by atoms with Crippen LogP contribution in [0.1, 0.15) is 30.9 Å². The Morgan fingerprint density at radius 2 is 1.44 bits per heavy atom. The number of nitrogens with zero attached hydrogens (tertiary/aromatic N) is 4. The molecule has 0 amide bonds. The molecule has 0 aliphatic heterocycles. The van der Waals surface area contributed by atoms with Gasteiger partial charge in [0.25, 0.3) is 0 Å². The zero-order valence-electron chi connectivity index (χ0n) is 14.1. The lowest BCUT2D eigenvalue weighted by Crippen LogP contribution is -2.03. The summed E-state index contributed by atoms with van der Waals surface area (Å²) in [5.74, 6) is 0.900. The minimum Gasteiger partial charge on any atom is -0.324 e. The number of nitriles is 2. The van der Waals surface area contributed by atoms with Crippen molar-refractivity contribution in [3.8, 4) is 34.8 Å². The summed E-state index contributed by atoms with van der Waals surface area (Å²) in [7, 11) is 0. The van der Waals surface area contributed by atoms with Gasteiger partial charge in [-0.2, -0.15) is 10.5 Å².